The Morgan fingerprint density at radius 3 is 2.40 bits per heavy atom. The van der Waals surface area contributed by atoms with Gasteiger partial charge in [-0.2, -0.15) is 0 Å². The van der Waals surface area contributed by atoms with Crippen LogP contribution in [0.4, 0.5) is 0 Å². The lowest BCUT2D eigenvalue weighted by atomic mass is 9.76. The normalized spacial score (nSPS) is 34.3. The molecular formula is C14H19N. The summed E-state index contributed by atoms with van der Waals surface area (Å²) >= 11 is 0. The first-order valence-corrected chi connectivity index (χ1v) is 6.18. The van der Waals surface area contributed by atoms with Gasteiger partial charge in [-0.15, -0.1) is 0 Å². The van der Waals surface area contributed by atoms with Crippen molar-refractivity contribution in [3.8, 4) is 0 Å². The second-order valence-electron chi connectivity index (χ2n) is 5.09. The number of nitrogens with zero attached hydrogens (tertiary/aromatic N) is 1. The predicted molar refractivity (Wildman–Crippen MR) is 62.8 cm³/mol. The molecule has 80 valence electrons. The molecule has 0 aromatic heterocycles. The summed E-state index contributed by atoms with van der Waals surface area (Å²) in [5.41, 5.74) is 1.52. The SMILES string of the molecule is c1ccc(CC2CN3CCC2CC3)cc1. The molecule has 0 aliphatic carbocycles. The molecule has 0 amide bonds. The molecule has 1 heteroatoms. The minimum Gasteiger partial charge on any atom is -0.303 e. The Hall–Kier alpha value is -0.820. The van der Waals surface area contributed by atoms with Crippen LogP contribution in [0.1, 0.15) is 18.4 Å². The molecule has 0 spiro atoms. The summed E-state index contributed by atoms with van der Waals surface area (Å²) in [4.78, 5) is 2.65. The Morgan fingerprint density at radius 2 is 1.80 bits per heavy atom. The lowest BCUT2D eigenvalue weighted by Crippen LogP contribution is -2.48. The van der Waals surface area contributed by atoms with Crippen LogP contribution in [0.25, 0.3) is 0 Å². The van der Waals surface area contributed by atoms with E-state index in [2.05, 4.69) is 35.2 Å². The second-order valence-corrected chi connectivity index (χ2v) is 5.09. The molecule has 3 aliphatic heterocycles. The summed E-state index contributed by atoms with van der Waals surface area (Å²) in [6, 6.07) is 11.0. The molecule has 1 unspecified atom stereocenters. The molecule has 3 saturated heterocycles. The maximum Gasteiger partial charge on any atom is 0.00155 e. The van der Waals surface area contributed by atoms with E-state index in [1.54, 1.807) is 0 Å². The van der Waals surface area contributed by atoms with Crippen LogP contribution < -0.4 is 0 Å². The van der Waals surface area contributed by atoms with E-state index in [1.165, 1.54) is 44.5 Å². The van der Waals surface area contributed by atoms with Crippen LogP contribution in [0.5, 0.6) is 0 Å². The van der Waals surface area contributed by atoms with Gasteiger partial charge in [-0.1, -0.05) is 30.3 Å². The van der Waals surface area contributed by atoms with Crippen molar-refractivity contribution in [1.82, 2.24) is 4.90 Å². The fourth-order valence-electron chi connectivity index (χ4n) is 3.24. The van der Waals surface area contributed by atoms with Gasteiger partial charge in [-0.3, -0.25) is 0 Å². The van der Waals surface area contributed by atoms with E-state index >= 15 is 0 Å². The summed E-state index contributed by atoms with van der Waals surface area (Å²) in [6.07, 6.45) is 4.18. The van der Waals surface area contributed by atoms with Crippen molar-refractivity contribution in [2.45, 2.75) is 19.3 Å². The smallest absolute Gasteiger partial charge is 0.00155 e. The third-order valence-corrected chi connectivity index (χ3v) is 4.13. The molecule has 0 N–H and O–H groups in total. The molecule has 1 aromatic rings. The Bertz CT molecular complexity index is 311. The first-order chi connectivity index (χ1) is 7.42. The number of hydrogen-bond donors (Lipinski definition) is 0. The van der Waals surface area contributed by atoms with Crippen LogP contribution >= 0.6 is 0 Å². The average Bonchev–Trinajstić information content (AvgIpc) is 2.32. The van der Waals surface area contributed by atoms with E-state index in [4.69, 9.17) is 0 Å². The summed E-state index contributed by atoms with van der Waals surface area (Å²) in [5.74, 6) is 1.94. The van der Waals surface area contributed by atoms with Gasteiger partial charge in [0.05, 0.1) is 0 Å². The van der Waals surface area contributed by atoms with Crippen LogP contribution in [-0.2, 0) is 6.42 Å². The molecule has 4 rings (SSSR count). The van der Waals surface area contributed by atoms with Gasteiger partial charge < -0.3 is 4.90 Å². The number of piperidine rings is 3. The highest BCUT2D eigenvalue weighted by atomic mass is 15.1. The average molecular weight is 201 g/mol. The van der Waals surface area contributed by atoms with Gasteiger partial charge in [-0.05, 0) is 49.8 Å². The number of benzene rings is 1. The van der Waals surface area contributed by atoms with Gasteiger partial charge in [0.25, 0.3) is 0 Å². The molecule has 15 heavy (non-hydrogen) atoms. The van der Waals surface area contributed by atoms with Crippen molar-refractivity contribution in [3.63, 3.8) is 0 Å². The molecule has 1 atom stereocenters. The van der Waals surface area contributed by atoms with Crippen molar-refractivity contribution in [3.05, 3.63) is 35.9 Å². The molecule has 3 heterocycles. The molecule has 3 aliphatic rings. The van der Waals surface area contributed by atoms with E-state index in [0.29, 0.717) is 0 Å². The van der Waals surface area contributed by atoms with Crippen molar-refractivity contribution >= 4 is 0 Å². The first kappa shape index (κ1) is 9.41. The summed E-state index contributed by atoms with van der Waals surface area (Å²) in [6.45, 7) is 4.06. The molecule has 2 bridgehead atoms. The maximum absolute atomic E-state index is 2.65. The molecule has 0 radical (unpaired) electrons. The minimum absolute atomic E-state index is 0.926. The zero-order valence-corrected chi connectivity index (χ0v) is 9.23. The highest BCUT2D eigenvalue weighted by Gasteiger charge is 2.33. The van der Waals surface area contributed by atoms with Gasteiger partial charge in [0.2, 0.25) is 0 Å². The van der Waals surface area contributed by atoms with Crippen molar-refractivity contribution in [2.75, 3.05) is 19.6 Å². The standard InChI is InChI=1S/C14H19N/c1-2-4-12(5-3-1)10-14-11-15-8-6-13(14)7-9-15/h1-5,13-14H,6-11H2. The summed E-state index contributed by atoms with van der Waals surface area (Å²) < 4.78 is 0. The maximum atomic E-state index is 2.65. The first-order valence-electron chi connectivity index (χ1n) is 6.18. The van der Waals surface area contributed by atoms with Gasteiger partial charge in [0.15, 0.2) is 0 Å². The lowest BCUT2D eigenvalue weighted by molar-refractivity contribution is 0.0512. The molecule has 1 aromatic carbocycles. The third-order valence-electron chi connectivity index (χ3n) is 4.13. The topological polar surface area (TPSA) is 3.24 Å². The monoisotopic (exact) mass is 201 g/mol. The largest absolute Gasteiger partial charge is 0.303 e. The van der Waals surface area contributed by atoms with Gasteiger partial charge in [0.1, 0.15) is 0 Å². The van der Waals surface area contributed by atoms with Crippen molar-refractivity contribution in [2.24, 2.45) is 11.8 Å². The van der Waals surface area contributed by atoms with E-state index in [1.807, 2.05) is 0 Å². The van der Waals surface area contributed by atoms with Crippen LogP contribution in [0.2, 0.25) is 0 Å². The van der Waals surface area contributed by atoms with Crippen LogP contribution in [0.15, 0.2) is 30.3 Å². The van der Waals surface area contributed by atoms with Crippen molar-refractivity contribution < 1.29 is 0 Å². The summed E-state index contributed by atoms with van der Waals surface area (Å²) in [7, 11) is 0. The van der Waals surface area contributed by atoms with E-state index < -0.39 is 0 Å². The zero-order valence-electron chi connectivity index (χ0n) is 9.23. The minimum atomic E-state index is 0.926. The Kier molecular flexibility index (Phi) is 2.49. The molecule has 0 saturated carbocycles. The number of fused-ring (bicyclic) bond motifs is 3. The highest BCUT2D eigenvalue weighted by Crippen LogP contribution is 2.34. The molecule has 3 fully saturated rings. The van der Waals surface area contributed by atoms with Gasteiger partial charge in [-0.25, -0.2) is 0 Å². The predicted octanol–water partition coefficient (Wildman–Crippen LogP) is 2.57. The second kappa shape index (κ2) is 3.97. The highest BCUT2D eigenvalue weighted by molar-refractivity contribution is 5.16. The van der Waals surface area contributed by atoms with E-state index in [-0.39, 0.29) is 0 Å². The lowest BCUT2D eigenvalue weighted by Gasteiger charge is -2.45. The third kappa shape index (κ3) is 1.93. The van der Waals surface area contributed by atoms with Gasteiger partial charge >= 0.3 is 0 Å². The van der Waals surface area contributed by atoms with Gasteiger partial charge in [0, 0.05) is 6.54 Å². The number of rotatable bonds is 2. The molecular weight excluding hydrogens is 182 g/mol. The van der Waals surface area contributed by atoms with E-state index in [9.17, 15) is 0 Å². The van der Waals surface area contributed by atoms with Crippen LogP contribution in [-0.4, -0.2) is 24.5 Å². The van der Waals surface area contributed by atoms with Crippen LogP contribution in [0.3, 0.4) is 0 Å². The number of hydrogen-bond acceptors (Lipinski definition) is 1. The van der Waals surface area contributed by atoms with E-state index in [0.717, 1.165) is 11.8 Å². The zero-order chi connectivity index (χ0) is 10.1. The summed E-state index contributed by atoms with van der Waals surface area (Å²) in [5, 5.41) is 0. The van der Waals surface area contributed by atoms with Crippen molar-refractivity contribution in [1.29, 1.82) is 0 Å². The fourth-order valence-corrected chi connectivity index (χ4v) is 3.24. The Balaban J connectivity index is 1.69. The molecule has 1 nitrogen and oxygen atoms in total. The Labute approximate surface area is 92.1 Å². The quantitative estimate of drug-likeness (QED) is 0.711. The fraction of sp³-hybridized carbons (Fsp3) is 0.571. The Morgan fingerprint density at radius 1 is 1.07 bits per heavy atom. The van der Waals surface area contributed by atoms with Crippen LogP contribution in [0, 0.1) is 11.8 Å².